The van der Waals surface area contributed by atoms with Crippen LogP contribution in [-0.4, -0.2) is 45.0 Å². The summed E-state index contributed by atoms with van der Waals surface area (Å²) in [5, 5.41) is 2.87. The quantitative estimate of drug-likeness (QED) is 0.799. The third-order valence-electron chi connectivity index (χ3n) is 3.44. The van der Waals surface area contributed by atoms with Crippen molar-refractivity contribution in [3.63, 3.8) is 0 Å². The van der Waals surface area contributed by atoms with Crippen molar-refractivity contribution in [1.82, 2.24) is 4.90 Å². The van der Waals surface area contributed by atoms with E-state index in [9.17, 15) is 4.79 Å². The van der Waals surface area contributed by atoms with E-state index in [1.807, 2.05) is 13.1 Å². The van der Waals surface area contributed by atoms with E-state index in [4.69, 9.17) is 5.73 Å². The van der Waals surface area contributed by atoms with E-state index in [0.717, 1.165) is 30.9 Å². The van der Waals surface area contributed by atoms with E-state index in [0.29, 0.717) is 12.1 Å². The number of likely N-dealkylation sites (N-methyl/N-ethyl adjacent to an activating group) is 2. The van der Waals surface area contributed by atoms with Crippen LogP contribution in [0.25, 0.3) is 0 Å². The molecule has 1 heterocycles. The van der Waals surface area contributed by atoms with Crippen LogP contribution in [0.5, 0.6) is 0 Å². The molecule has 0 aliphatic carbocycles. The zero-order valence-electron chi connectivity index (χ0n) is 11.9. The lowest BCUT2D eigenvalue weighted by atomic mass is 10.0. The molecular weight excluding hydrogens is 240 g/mol. The van der Waals surface area contributed by atoms with Gasteiger partial charge in [0.25, 0.3) is 0 Å². The topological polar surface area (TPSA) is 61.6 Å². The van der Waals surface area contributed by atoms with Gasteiger partial charge in [-0.25, -0.2) is 0 Å². The maximum atomic E-state index is 11.4. The van der Waals surface area contributed by atoms with Crippen molar-refractivity contribution in [3.05, 3.63) is 17.7 Å². The van der Waals surface area contributed by atoms with Crippen LogP contribution in [0, 0.1) is 0 Å². The molecule has 1 aliphatic heterocycles. The average molecular weight is 262 g/mol. The first-order valence-corrected chi connectivity index (χ1v) is 6.55. The van der Waals surface area contributed by atoms with Gasteiger partial charge < -0.3 is 20.9 Å². The summed E-state index contributed by atoms with van der Waals surface area (Å²) in [6.45, 7) is 1.89. The van der Waals surface area contributed by atoms with Crippen molar-refractivity contribution in [3.8, 4) is 0 Å². The second-order valence-corrected chi connectivity index (χ2v) is 5.34. The number of nitrogen functional groups attached to an aromatic ring is 1. The molecule has 1 aromatic carbocycles. The number of fused-ring (bicyclic) bond motifs is 1. The van der Waals surface area contributed by atoms with Crippen molar-refractivity contribution < 1.29 is 4.79 Å². The third-order valence-corrected chi connectivity index (χ3v) is 3.44. The number of hydrogen-bond donors (Lipinski definition) is 2. The van der Waals surface area contributed by atoms with Gasteiger partial charge >= 0.3 is 0 Å². The van der Waals surface area contributed by atoms with Crippen LogP contribution in [0.1, 0.15) is 12.0 Å². The Labute approximate surface area is 114 Å². The molecule has 5 heteroatoms. The third kappa shape index (κ3) is 3.17. The number of anilines is 3. The second kappa shape index (κ2) is 5.48. The summed E-state index contributed by atoms with van der Waals surface area (Å²) in [6.07, 6.45) is 1.34. The van der Waals surface area contributed by atoms with Gasteiger partial charge in [-0.1, -0.05) is 0 Å². The van der Waals surface area contributed by atoms with Crippen molar-refractivity contribution in [2.24, 2.45) is 0 Å². The number of carbonyl (C=O) groups excluding carboxylic acids is 1. The first-order chi connectivity index (χ1) is 8.97. The van der Waals surface area contributed by atoms with E-state index in [2.05, 4.69) is 35.3 Å². The molecule has 0 unspecified atom stereocenters. The fourth-order valence-electron chi connectivity index (χ4n) is 2.23. The van der Waals surface area contributed by atoms with Crippen molar-refractivity contribution in [2.45, 2.75) is 12.8 Å². The molecule has 104 valence electrons. The predicted molar refractivity (Wildman–Crippen MR) is 79.6 cm³/mol. The summed E-state index contributed by atoms with van der Waals surface area (Å²) in [7, 11) is 6.15. The maximum Gasteiger partial charge on any atom is 0.224 e. The Morgan fingerprint density at radius 3 is 2.63 bits per heavy atom. The van der Waals surface area contributed by atoms with Gasteiger partial charge in [0.05, 0.1) is 11.4 Å². The monoisotopic (exact) mass is 262 g/mol. The lowest BCUT2D eigenvalue weighted by molar-refractivity contribution is -0.116. The molecule has 0 atom stereocenters. The van der Waals surface area contributed by atoms with Crippen LogP contribution >= 0.6 is 0 Å². The normalized spacial score (nSPS) is 14.2. The summed E-state index contributed by atoms with van der Waals surface area (Å²) < 4.78 is 0. The Hall–Kier alpha value is -1.75. The van der Waals surface area contributed by atoms with Gasteiger partial charge in [0, 0.05) is 32.2 Å². The zero-order valence-corrected chi connectivity index (χ0v) is 11.9. The number of carbonyl (C=O) groups is 1. The number of amides is 1. The van der Waals surface area contributed by atoms with Gasteiger partial charge in [-0.05, 0) is 38.2 Å². The summed E-state index contributed by atoms with van der Waals surface area (Å²) in [5.74, 6) is 0.0700. The molecule has 0 fully saturated rings. The zero-order chi connectivity index (χ0) is 14.0. The van der Waals surface area contributed by atoms with Crippen molar-refractivity contribution >= 4 is 23.0 Å². The number of nitrogens with one attached hydrogen (secondary N) is 1. The van der Waals surface area contributed by atoms with Gasteiger partial charge in [0.1, 0.15) is 0 Å². The predicted octanol–water partition coefficient (Wildman–Crippen LogP) is 1.15. The Kier molecular flexibility index (Phi) is 3.95. The first kappa shape index (κ1) is 13.7. The molecule has 0 aromatic heterocycles. The van der Waals surface area contributed by atoms with Crippen LogP contribution in [0.2, 0.25) is 0 Å². The molecule has 3 N–H and O–H groups in total. The SMILES string of the molecule is CN(C)CCN(C)c1cc2c(cc1N)NC(=O)CC2. The highest BCUT2D eigenvalue weighted by Crippen LogP contribution is 2.32. The molecule has 0 saturated carbocycles. The highest BCUT2D eigenvalue weighted by atomic mass is 16.1. The molecule has 2 rings (SSSR count). The van der Waals surface area contributed by atoms with Crippen molar-refractivity contribution in [1.29, 1.82) is 0 Å². The minimum atomic E-state index is 0.0700. The Morgan fingerprint density at radius 2 is 1.95 bits per heavy atom. The number of hydrogen-bond acceptors (Lipinski definition) is 4. The van der Waals surface area contributed by atoms with Crippen LogP contribution < -0.4 is 16.0 Å². The minimum Gasteiger partial charge on any atom is -0.397 e. The minimum absolute atomic E-state index is 0.0700. The lowest BCUT2D eigenvalue weighted by Gasteiger charge is -2.26. The van der Waals surface area contributed by atoms with Gasteiger partial charge in [-0.3, -0.25) is 4.79 Å². The largest absolute Gasteiger partial charge is 0.397 e. The molecule has 19 heavy (non-hydrogen) atoms. The standard InChI is InChI=1S/C14H22N4O/c1-17(2)6-7-18(3)13-8-10-4-5-14(19)16-12(10)9-11(13)15/h8-9H,4-7,15H2,1-3H3,(H,16,19). The summed E-state index contributed by atoms with van der Waals surface area (Å²) in [4.78, 5) is 15.7. The summed E-state index contributed by atoms with van der Waals surface area (Å²) in [5.41, 5.74) is 9.87. The lowest BCUT2D eigenvalue weighted by Crippen LogP contribution is -2.29. The van der Waals surface area contributed by atoms with Crippen LogP contribution in [0.4, 0.5) is 17.1 Å². The number of aryl methyl sites for hydroxylation is 1. The van der Waals surface area contributed by atoms with Gasteiger partial charge in [0.2, 0.25) is 5.91 Å². The highest BCUT2D eigenvalue weighted by Gasteiger charge is 2.17. The summed E-state index contributed by atoms with van der Waals surface area (Å²) >= 11 is 0. The van der Waals surface area contributed by atoms with Crippen molar-refractivity contribution in [2.75, 3.05) is 50.2 Å². The van der Waals surface area contributed by atoms with E-state index >= 15 is 0 Å². The molecule has 1 amide bonds. The molecule has 1 aromatic rings. The molecule has 0 saturated heterocycles. The Balaban J connectivity index is 2.20. The molecule has 0 radical (unpaired) electrons. The molecule has 5 nitrogen and oxygen atoms in total. The number of benzene rings is 1. The number of nitrogens with two attached hydrogens (primary N) is 1. The van der Waals surface area contributed by atoms with E-state index in [-0.39, 0.29) is 5.91 Å². The number of nitrogens with zero attached hydrogens (tertiary/aromatic N) is 2. The summed E-state index contributed by atoms with van der Waals surface area (Å²) in [6, 6.07) is 3.97. The van der Waals surface area contributed by atoms with Gasteiger partial charge in [-0.2, -0.15) is 0 Å². The fraction of sp³-hybridized carbons (Fsp3) is 0.500. The Morgan fingerprint density at radius 1 is 1.21 bits per heavy atom. The molecule has 0 bridgehead atoms. The highest BCUT2D eigenvalue weighted by molar-refractivity contribution is 5.95. The molecular formula is C14H22N4O. The van der Waals surface area contributed by atoms with Crippen LogP contribution in [-0.2, 0) is 11.2 Å². The van der Waals surface area contributed by atoms with Crippen LogP contribution in [0.3, 0.4) is 0 Å². The molecule has 1 aliphatic rings. The smallest absolute Gasteiger partial charge is 0.224 e. The van der Waals surface area contributed by atoms with Gasteiger partial charge in [-0.15, -0.1) is 0 Å². The number of rotatable bonds is 4. The second-order valence-electron chi connectivity index (χ2n) is 5.34. The average Bonchev–Trinajstić information content (AvgIpc) is 2.35. The van der Waals surface area contributed by atoms with E-state index in [1.54, 1.807) is 0 Å². The molecule has 0 spiro atoms. The fourth-order valence-corrected chi connectivity index (χ4v) is 2.23. The Bertz CT molecular complexity index is 485. The van der Waals surface area contributed by atoms with Gasteiger partial charge in [0.15, 0.2) is 0 Å². The van der Waals surface area contributed by atoms with E-state index < -0.39 is 0 Å². The maximum absolute atomic E-state index is 11.4. The van der Waals surface area contributed by atoms with E-state index in [1.165, 1.54) is 5.56 Å². The first-order valence-electron chi connectivity index (χ1n) is 6.55. The van der Waals surface area contributed by atoms with Crippen LogP contribution in [0.15, 0.2) is 12.1 Å².